The van der Waals surface area contributed by atoms with E-state index in [2.05, 4.69) is 33.9 Å². The Hall–Kier alpha value is -3.19. The van der Waals surface area contributed by atoms with Gasteiger partial charge in [-0.2, -0.15) is 0 Å². The number of esters is 2. The molecule has 1 aliphatic rings. The van der Waals surface area contributed by atoms with E-state index in [4.69, 9.17) is 9.47 Å². The lowest BCUT2D eigenvalue weighted by molar-refractivity contribution is -0.148. The number of carbonyl (C=O) groups is 2. The van der Waals surface area contributed by atoms with Crippen LogP contribution in [0.3, 0.4) is 0 Å². The van der Waals surface area contributed by atoms with E-state index in [9.17, 15) is 9.59 Å². The van der Waals surface area contributed by atoms with E-state index >= 15 is 0 Å². The van der Waals surface area contributed by atoms with Gasteiger partial charge in [-0.25, -0.2) is 9.78 Å². The lowest BCUT2D eigenvalue weighted by atomic mass is 10.1. The largest absolute Gasteiger partial charge is 0.462 e. The van der Waals surface area contributed by atoms with Crippen molar-refractivity contribution in [3.8, 4) is 0 Å². The molecule has 0 fully saturated rings. The highest BCUT2D eigenvalue weighted by atomic mass is 16.5. The highest BCUT2D eigenvalue weighted by molar-refractivity contribution is 5.82. The standard InChI is InChI=1S/C30H43N3O4/c1-22(16-17-33(5)6)14-15-24(3)19-27-20-28-31-21-26(32-28)11-7-8-12-29(34)36-25(4)18-23(2)10-9-13-30(35)37-27/h9-10,13-16,19,21,25,27H,7-8,11-12,17-18,20H2,1-6H3,(H,31,32)/b13-9-,15-14+,22-16+,23-10?,24-19+/t25-,27?/m0/s1. The number of hydrogen-bond acceptors (Lipinski definition) is 6. The summed E-state index contributed by atoms with van der Waals surface area (Å²) in [5, 5.41) is 0. The van der Waals surface area contributed by atoms with Crippen molar-refractivity contribution in [1.82, 2.24) is 14.9 Å². The number of nitrogens with one attached hydrogen (secondary N) is 1. The average Bonchev–Trinajstić information content (AvgIpc) is 3.25. The molecule has 1 unspecified atom stereocenters. The highest BCUT2D eigenvalue weighted by Crippen LogP contribution is 2.14. The molecule has 2 heterocycles. The van der Waals surface area contributed by atoms with Gasteiger partial charge in [0.2, 0.25) is 0 Å². The number of imidazole rings is 1. The van der Waals surface area contributed by atoms with Gasteiger partial charge in [-0.15, -0.1) is 0 Å². The molecule has 1 N–H and O–H groups in total. The molecular weight excluding hydrogens is 466 g/mol. The summed E-state index contributed by atoms with van der Waals surface area (Å²) in [6.07, 6.45) is 18.2. The normalized spacial score (nSPS) is 22.6. The van der Waals surface area contributed by atoms with Gasteiger partial charge in [-0.1, -0.05) is 47.1 Å². The molecule has 0 saturated carbocycles. The Bertz CT molecular complexity index is 1040. The Morgan fingerprint density at radius 1 is 1.11 bits per heavy atom. The maximum absolute atomic E-state index is 12.6. The molecule has 0 aliphatic carbocycles. The number of aryl methyl sites for hydroxylation is 1. The number of cyclic esters (lactones) is 2. The first kappa shape index (κ1) is 30.0. The molecule has 2 rings (SSSR count). The summed E-state index contributed by atoms with van der Waals surface area (Å²) in [4.78, 5) is 34.7. The van der Waals surface area contributed by atoms with Gasteiger partial charge >= 0.3 is 11.9 Å². The molecule has 7 nitrogen and oxygen atoms in total. The van der Waals surface area contributed by atoms with Crippen molar-refractivity contribution in [3.63, 3.8) is 0 Å². The molecule has 0 saturated heterocycles. The number of aromatic amines is 1. The van der Waals surface area contributed by atoms with Crippen LogP contribution in [-0.2, 0) is 31.9 Å². The van der Waals surface area contributed by atoms with Crippen molar-refractivity contribution < 1.29 is 19.1 Å². The number of aromatic nitrogens is 2. The van der Waals surface area contributed by atoms with E-state index < -0.39 is 12.1 Å². The Labute approximate surface area is 222 Å². The van der Waals surface area contributed by atoms with Gasteiger partial charge in [0.05, 0.1) is 0 Å². The van der Waals surface area contributed by atoms with Gasteiger partial charge in [-0.05, 0) is 67.1 Å². The summed E-state index contributed by atoms with van der Waals surface area (Å²) in [5.41, 5.74) is 4.18. The predicted molar refractivity (Wildman–Crippen MR) is 148 cm³/mol. The molecule has 37 heavy (non-hydrogen) atoms. The lowest BCUT2D eigenvalue weighted by Crippen LogP contribution is -2.18. The monoisotopic (exact) mass is 509 g/mol. The molecule has 1 aromatic heterocycles. The summed E-state index contributed by atoms with van der Waals surface area (Å²) < 4.78 is 11.3. The summed E-state index contributed by atoms with van der Waals surface area (Å²) >= 11 is 0. The molecule has 1 aliphatic heterocycles. The minimum absolute atomic E-state index is 0.176. The Morgan fingerprint density at radius 3 is 2.59 bits per heavy atom. The van der Waals surface area contributed by atoms with E-state index in [1.807, 2.05) is 59.3 Å². The topological polar surface area (TPSA) is 84.5 Å². The summed E-state index contributed by atoms with van der Waals surface area (Å²) in [5.74, 6) is 0.159. The second-order valence-electron chi connectivity index (χ2n) is 10.1. The number of likely N-dealkylation sites (N-methyl/N-ethyl adjacent to an activating group) is 1. The number of allylic oxidation sites excluding steroid dienone is 6. The van der Waals surface area contributed by atoms with Crippen LogP contribution in [0.25, 0.3) is 0 Å². The van der Waals surface area contributed by atoms with E-state index in [0.29, 0.717) is 19.3 Å². The van der Waals surface area contributed by atoms with Crippen LogP contribution in [0.15, 0.2) is 65.4 Å². The maximum Gasteiger partial charge on any atom is 0.331 e. The number of rotatable bonds is 5. The zero-order valence-electron chi connectivity index (χ0n) is 23.3. The van der Waals surface area contributed by atoms with Gasteiger partial charge in [0.1, 0.15) is 18.0 Å². The van der Waals surface area contributed by atoms with Crippen LogP contribution in [0, 0.1) is 0 Å². The van der Waals surface area contributed by atoms with Crippen molar-refractivity contribution in [2.45, 2.75) is 78.4 Å². The van der Waals surface area contributed by atoms with Crippen molar-refractivity contribution in [1.29, 1.82) is 0 Å². The maximum atomic E-state index is 12.6. The van der Waals surface area contributed by atoms with Crippen molar-refractivity contribution in [2.24, 2.45) is 0 Å². The number of hydrogen-bond donors (Lipinski definition) is 1. The molecule has 7 heteroatoms. The van der Waals surface area contributed by atoms with Gasteiger partial charge in [0.25, 0.3) is 0 Å². The minimum atomic E-state index is -0.468. The van der Waals surface area contributed by atoms with Crippen molar-refractivity contribution >= 4 is 11.9 Å². The highest BCUT2D eigenvalue weighted by Gasteiger charge is 2.15. The third kappa shape index (κ3) is 13.1. The van der Waals surface area contributed by atoms with Gasteiger partial charge in [0.15, 0.2) is 0 Å². The van der Waals surface area contributed by atoms with E-state index in [1.54, 1.807) is 6.08 Å². The van der Waals surface area contributed by atoms with Crippen LogP contribution in [0.1, 0.15) is 64.9 Å². The van der Waals surface area contributed by atoms with E-state index in [-0.39, 0.29) is 12.1 Å². The zero-order chi connectivity index (χ0) is 27.2. The first-order valence-electron chi connectivity index (χ1n) is 13.1. The molecule has 2 atom stereocenters. The zero-order valence-corrected chi connectivity index (χ0v) is 23.3. The molecule has 202 valence electrons. The molecule has 0 radical (unpaired) electrons. The molecule has 2 bridgehead atoms. The summed E-state index contributed by atoms with van der Waals surface area (Å²) in [7, 11) is 4.07. The number of nitrogens with zero attached hydrogens (tertiary/aromatic N) is 2. The second-order valence-corrected chi connectivity index (χ2v) is 10.1. The lowest BCUT2D eigenvalue weighted by Gasteiger charge is -2.13. The minimum Gasteiger partial charge on any atom is -0.462 e. The van der Waals surface area contributed by atoms with Gasteiger partial charge < -0.3 is 19.4 Å². The molecule has 0 spiro atoms. The van der Waals surface area contributed by atoms with Crippen LogP contribution >= 0.6 is 0 Å². The Morgan fingerprint density at radius 2 is 1.84 bits per heavy atom. The molecule has 0 aromatic carbocycles. The Balaban J connectivity index is 2.21. The van der Waals surface area contributed by atoms with Crippen molar-refractivity contribution in [2.75, 3.05) is 20.6 Å². The van der Waals surface area contributed by atoms with Gasteiger partial charge in [0, 0.05) is 43.8 Å². The van der Waals surface area contributed by atoms with Crippen LogP contribution in [-0.4, -0.2) is 59.7 Å². The molecule has 1 aromatic rings. The van der Waals surface area contributed by atoms with Crippen LogP contribution in [0.4, 0.5) is 0 Å². The van der Waals surface area contributed by atoms with Crippen LogP contribution in [0.5, 0.6) is 0 Å². The number of ether oxygens (including phenoxy) is 2. The molecule has 0 amide bonds. The average molecular weight is 510 g/mol. The molecular formula is C30H43N3O4. The predicted octanol–water partition coefficient (Wildman–Crippen LogP) is 5.43. The van der Waals surface area contributed by atoms with Crippen LogP contribution < -0.4 is 0 Å². The SMILES string of the molecule is CC1=C/C=C\C(=O)OC(/C=C(C)/C=C/C(C)=C/CN(C)C)Cc2ncc([nH]2)CCCCC(=O)O[C@@H](C)C1. The Kier molecular flexibility index (Phi) is 12.8. The number of fused-ring (bicyclic) bond motifs is 2. The first-order chi connectivity index (χ1) is 17.6. The smallest absolute Gasteiger partial charge is 0.331 e. The number of H-pyrrole nitrogens is 1. The van der Waals surface area contributed by atoms with Gasteiger partial charge in [-0.3, -0.25) is 4.79 Å². The summed E-state index contributed by atoms with van der Waals surface area (Å²) in [6.45, 7) is 8.78. The summed E-state index contributed by atoms with van der Waals surface area (Å²) in [6, 6.07) is 0. The second kappa shape index (κ2) is 15.8. The third-order valence-corrected chi connectivity index (χ3v) is 5.81. The quantitative estimate of drug-likeness (QED) is 0.421. The van der Waals surface area contributed by atoms with Crippen molar-refractivity contribution in [3.05, 3.63) is 77.0 Å². The van der Waals surface area contributed by atoms with E-state index in [1.165, 1.54) is 11.6 Å². The third-order valence-electron chi connectivity index (χ3n) is 5.81. The fourth-order valence-electron chi connectivity index (χ4n) is 3.88. The number of carbonyl (C=O) groups excluding carboxylic acids is 2. The fourth-order valence-corrected chi connectivity index (χ4v) is 3.88. The first-order valence-corrected chi connectivity index (χ1v) is 13.1. The fraction of sp³-hybridized carbons (Fsp3) is 0.500. The van der Waals surface area contributed by atoms with E-state index in [0.717, 1.165) is 48.5 Å². The van der Waals surface area contributed by atoms with Crippen LogP contribution in [0.2, 0.25) is 0 Å².